The maximum absolute atomic E-state index is 11.9. The van der Waals surface area contributed by atoms with E-state index in [1.165, 1.54) is 0 Å². The van der Waals surface area contributed by atoms with E-state index in [9.17, 15) is 14.4 Å². The third-order valence-electron chi connectivity index (χ3n) is 2.88. The van der Waals surface area contributed by atoms with Crippen LogP contribution in [0.4, 0.5) is 0 Å². The van der Waals surface area contributed by atoms with Gasteiger partial charge in [0.2, 0.25) is 0 Å². The number of hydrogen-bond acceptors (Lipinski definition) is 5. The molecule has 1 aromatic heterocycles. The third-order valence-corrected chi connectivity index (χ3v) is 2.88. The molecule has 21 heavy (non-hydrogen) atoms. The second-order valence-corrected chi connectivity index (χ2v) is 4.96. The molecule has 0 aliphatic carbocycles. The normalized spacial score (nSPS) is 12.2. The number of hydrogen-bond donors (Lipinski definition) is 4. The molecule has 1 aromatic rings. The van der Waals surface area contributed by atoms with Gasteiger partial charge in [-0.05, 0) is 6.92 Å². The SMILES string of the molecule is Cc1nc(C(C)C)[nH]c(=O)c1C(=O)NCCC(O)C(=O)O. The Morgan fingerprint density at radius 3 is 2.48 bits per heavy atom. The molecule has 0 radical (unpaired) electrons. The summed E-state index contributed by atoms with van der Waals surface area (Å²) < 4.78 is 0. The van der Waals surface area contributed by atoms with E-state index in [0.717, 1.165) is 0 Å². The second-order valence-electron chi connectivity index (χ2n) is 4.96. The first-order valence-corrected chi connectivity index (χ1v) is 6.54. The van der Waals surface area contributed by atoms with E-state index in [1.807, 2.05) is 13.8 Å². The van der Waals surface area contributed by atoms with E-state index in [-0.39, 0.29) is 24.4 Å². The Morgan fingerprint density at radius 2 is 2.00 bits per heavy atom. The lowest BCUT2D eigenvalue weighted by Gasteiger charge is -2.10. The number of aromatic nitrogens is 2. The van der Waals surface area contributed by atoms with Crippen LogP contribution in [0.1, 0.15) is 48.1 Å². The largest absolute Gasteiger partial charge is 0.479 e. The zero-order valence-electron chi connectivity index (χ0n) is 12.1. The van der Waals surface area contributed by atoms with E-state index in [4.69, 9.17) is 10.2 Å². The minimum absolute atomic E-state index is 0.0271. The number of nitrogens with one attached hydrogen (secondary N) is 2. The summed E-state index contributed by atoms with van der Waals surface area (Å²) in [7, 11) is 0. The number of amides is 1. The highest BCUT2D eigenvalue weighted by Crippen LogP contribution is 2.08. The monoisotopic (exact) mass is 297 g/mol. The number of carbonyl (C=O) groups excluding carboxylic acids is 1. The maximum atomic E-state index is 11.9. The molecule has 0 aromatic carbocycles. The number of carboxylic acid groups (broad SMARTS) is 1. The van der Waals surface area contributed by atoms with Gasteiger partial charge in [-0.2, -0.15) is 0 Å². The number of aliphatic carboxylic acids is 1. The lowest BCUT2D eigenvalue weighted by atomic mass is 10.1. The van der Waals surface area contributed by atoms with Crippen molar-refractivity contribution in [1.29, 1.82) is 0 Å². The summed E-state index contributed by atoms with van der Waals surface area (Å²) in [5.41, 5.74) is -0.342. The number of aliphatic hydroxyl groups is 1. The van der Waals surface area contributed by atoms with Crippen molar-refractivity contribution >= 4 is 11.9 Å². The Morgan fingerprint density at radius 1 is 1.38 bits per heavy atom. The number of aliphatic hydroxyl groups excluding tert-OH is 1. The maximum Gasteiger partial charge on any atom is 0.332 e. The molecule has 4 N–H and O–H groups in total. The van der Waals surface area contributed by atoms with Crippen molar-refractivity contribution in [2.75, 3.05) is 6.54 Å². The highest BCUT2D eigenvalue weighted by molar-refractivity contribution is 5.94. The van der Waals surface area contributed by atoms with Crippen LogP contribution in [0.15, 0.2) is 4.79 Å². The molecule has 1 heterocycles. The van der Waals surface area contributed by atoms with Crippen molar-refractivity contribution in [3.05, 3.63) is 27.4 Å². The van der Waals surface area contributed by atoms with Gasteiger partial charge in [0.25, 0.3) is 11.5 Å². The average Bonchev–Trinajstić information content (AvgIpc) is 2.37. The van der Waals surface area contributed by atoms with E-state index >= 15 is 0 Å². The van der Waals surface area contributed by atoms with Crippen LogP contribution in [0.3, 0.4) is 0 Å². The summed E-state index contributed by atoms with van der Waals surface area (Å²) in [5, 5.41) is 20.0. The summed E-state index contributed by atoms with van der Waals surface area (Å²) in [6.45, 7) is 5.23. The fourth-order valence-corrected chi connectivity index (χ4v) is 1.68. The lowest BCUT2D eigenvalue weighted by molar-refractivity contribution is -0.146. The average molecular weight is 297 g/mol. The van der Waals surface area contributed by atoms with Gasteiger partial charge in [0.15, 0.2) is 6.10 Å². The first-order valence-electron chi connectivity index (χ1n) is 6.54. The number of H-pyrrole nitrogens is 1. The van der Waals surface area contributed by atoms with Gasteiger partial charge in [-0.3, -0.25) is 9.59 Å². The van der Waals surface area contributed by atoms with Crippen LogP contribution >= 0.6 is 0 Å². The van der Waals surface area contributed by atoms with Crippen LogP contribution in [0, 0.1) is 6.92 Å². The van der Waals surface area contributed by atoms with Crippen molar-refractivity contribution in [3.63, 3.8) is 0 Å². The lowest BCUT2D eigenvalue weighted by Crippen LogP contribution is -2.34. The number of aryl methyl sites for hydroxylation is 1. The van der Waals surface area contributed by atoms with Crippen molar-refractivity contribution in [2.45, 2.75) is 39.2 Å². The van der Waals surface area contributed by atoms with Gasteiger partial charge in [-0.15, -0.1) is 0 Å². The topological polar surface area (TPSA) is 132 Å². The van der Waals surface area contributed by atoms with Crippen LogP contribution in [0.25, 0.3) is 0 Å². The molecule has 0 saturated heterocycles. The standard InChI is InChI=1S/C13H19N3O5/c1-6(2)10-15-7(3)9(12(19)16-10)11(18)14-5-4-8(17)13(20)21/h6,8,17H,4-5H2,1-3H3,(H,14,18)(H,20,21)(H,15,16,19). The van der Waals surface area contributed by atoms with Crippen molar-refractivity contribution in [2.24, 2.45) is 0 Å². The van der Waals surface area contributed by atoms with Crippen molar-refractivity contribution in [1.82, 2.24) is 15.3 Å². The minimum Gasteiger partial charge on any atom is -0.479 e. The van der Waals surface area contributed by atoms with Gasteiger partial charge in [-0.1, -0.05) is 13.8 Å². The highest BCUT2D eigenvalue weighted by Gasteiger charge is 2.18. The summed E-state index contributed by atoms with van der Waals surface area (Å²) >= 11 is 0. The molecule has 1 unspecified atom stereocenters. The van der Waals surface area contributed by atoms with E-state index in [1.54, 1.807) is 6.92 Å². The quantitative estimate of drug-likeness (QED) is 0.573. The zero-order chi connectivity index (χ0) is 16.2. The molecule has 8 nitrogen and oxygen atoms in total. The molecule has 0 aliphatic heterocycles. The highest BCUT2D eigenvalue weighted by atomic mass is 16.4. The van der Waals surface area contributed by atoms with Crippen LogP contribution in [-0.4, -0.2) is 44.7 Å². The minimum atomic E-state index is -1.55. The van der Waals surface area contributed by atoms with E-state index in [0.29, 0.717) is 11.5 Å². The molecule has 0 aliphatic rings. The predicted molar refractivity (Wildman–Crippen MR) is 74.3 cm³/mol. The summed E-state index contributed by atoms with van der Waals surface area (Å²) in [4.78, 5) is 41.0. The second kappa shape index (κ2) is 6.98. The Labute approximate surface area is 121 Å². The Balaban J connectivity index is 2.80. The predicted octanol–water partition coefficient (Wildman–Crippen LogP) is -0.233. The first-order chi connectivity index (χ1) is 9.73. The number of carboxylic acids is 1. The molecule has 8 heteroatoms. The summed E-state index contributed by atoms with van der Waals surface area (Å²) in [6.07, 6.45) is -1.69. The first kappa shape index (κ1) is 16.8. The molecule has 0 fully saturated rings. The van der Waals surface area contributed by atoms with Gasteiger partial charge in [0.05, 0.1) is 5.69 Å². The van der Waals surface area contributed by atoms with Gasteiger partial charge < -0.3 is 20.5 Å². The molecule has 1 rings (SSSR count). The molecule has 0 bridgehead atoms. The van der Waals surface area contributed by atoms with Crippen molar-refractivity contribution < 1.29 is 19.8 Å². The van der Waals surface area contributed by atoms with E-state index < -0.39 is 23.5 Å². The summed E-state index contributed by atoms with van der Waals surface area (Å²) in [6, 6.07) is 0. The molecular formula is C13H19N3O5. The molecule has 116 valence electrons. The Hall–Kier alpha value is -2.22. The van der Waals surface area contributed by atoms with Crippen LogP contribution in [0.5, 0.6) is 0 Å². The Bertz CT molecular complexity index is 594. The van der Waals surface area contributed by atoms with Crippen LogP contribution in [0.2, 0.25) is 0 Å². The van der Waals surface area contributed by atoms with Crippen LogP contribution in [-0.2, 0) is 4.79 Å². The molecule has 1 atom stereocenters. The van der Waals surface area contributed by atoms with E-state index in [2.05, 4.69) is 15.3 Å². The zero-order valence-corrected chi connectivity index (χ0v) is 12.1. The van der Waals surface area contributed by atoms with Gasteiger partial charge in [0, 0.05) is 18.9 Å². The number of aromatic amines is 1. The molecule has 0 saturated carbocycles. The van der Waals surface area contributed by atoms with Crippen molar-refractivity contribution in [3.8, 4) is 0 Å². The van der Waals surface area contributed by atoms with Gasteiger partial charge in [0.1, 0.15) is 11.4 Å². The number of nitrogens with zero attached hydrogens (tertiary/aromatic N) is 1. The molecule has 0 spiro atoms. The van der Waals surface area contributed by atoms with Gasteiger partial charge >= 0.3 is 5.97 Å². The van der Waals surface area contributed by atoms with Gasteiger partial charge in [-0.25, -0.2) is 9.78 Å². The number of rotatable bonds is 6. The Kier molecular flexibility index (Phi) is 5.60. The third kappa shape index (κ3) is 4.38. The fraction of sp³-hybridized carbons (Fsp3) is 0.538. The summed E-state index contributed by atoms with van der Waals surface area (Å²) in [5.74, 6) is -1.48. The number of carbonyl (C=O) groups is 2. The smallest absolute Gasteiger partial charge is 0.332 e. The molecule has 1 amide bonds. The molecular weight excluding hydrogens is 278 g/mol. The fourth-order valence-electron chi connectivity index (χ4n) is 1.68. The van der Waals surface area contributed by atoms with Crippen LogP contribution < -0.4 is 10.9 Å².